The van der Waals surface area contributed by atoms with Gasteiger partial charge in [0.15, 0.2) is 0 Å². The largest absolute Gasteiger partial charge is 0.464 e. The number of aromatic nitrogens is 2. The Balaban J connectivity index is 2.58. The number of methoxy groups -OCH3 is 2. The Hall–Kier alpha value is -2.21. The molecule has 0 aliphatic rings. The first-order valence-electron chi connectivity index (χ1n) is 9.54. The molecule has 1 amide bonds. The molecule has 2 heterocycles. The van der Waals surface area contributed by atoms with Crippen molar-refractivity contribution >= 4 is 27.6 Å². The highest BCUT2D eigenvalue weighted by atomic mass is 32.1. The number of aryl methyl sites for hydroxylation is 1. The average Bonchev–Trinajstić information content (AvgIpc) is 2.97. The van der Waals surface area contributed by atoms with Gasteiger partial charge in [-0.15, -0.1) is 11.3 Å². The molecule has 30 heavy (non-hydrogen) atoms. The zero-order valence-electron chi connectivity index (χ0n) is 18.3. The van der Waals surface area contributed by atoms with Gasteiger partial charge in [0.05, 0.1) is 43.8 Å². The molecule has 0 atom stereocenters. The number of ether oxygens (including phenoxy) is 2. The topological polar surface area (TPSA) is 115 Å². The van der Waals surface area contributed by atoms with Crippen LogP contribution in [-0.4, -0.2) is 58.3 Å². The summed E-state index contributed by atoms with van der Waals surface area (Å²) in [6, 6.07) is 0. The van der Waals surface area contributed by atoms with E-state index < -0.39 is 17.3 Å². The number of rotatable bonds is 9. The zero-order chi connectivity index (χ0) is 22.6. The molecule has 168 valence electrons. The second kappa shape index (κ2) is 9.73. The van der Waals surface area contributed by atoms with E-state index >= 15 is 0 Å². The first-order valence-corrected chi connectivity index (χ1v) is 10.4. The standard InChI is InChI=1S/C19H30N4O6S/c1-12-13(11-20-23(18(26)27)19(2,3)4)30-16-14(12)15(24)21(7-9-28-5)17(25)22(16)8-10-29-6/h20H,7-11H2,1-6H3,(H,26,27). The lowest BCUT2D eigenvalue weighted by Crippen LogP contribution is -2.52. The van der Waals surface area contributed by atoms with Crippen LogP contribution in [0.15, 0.2) is 9.59 Å². The van der Waals surface area contributed by atoms with Crippen LogP contribution in [0.2, 0.25) is 0 Å². The molecule has 10 nitrogen and oxygen atoms in total. The number of carboxylic acid groups (broad SMARTS) is 1. The maximum absolute atomic E-state index is 13.1. The highest BCUT2D eigenvalue weighted by molar-refractivity contribution is 7.18. The van der Waals surface area contributed by atoms with E-state index in [9.17, 15) is 19.5 Å². The van der Waals surface area contributed by atoms with Gasteiger partial charge in [-0.25, -0.2) is 20.0 Å². The Bertz CT molecular complexity index is 1020. The number of hydrogen-bond donors (Lipinski definition) is 2. The van der Waals surface area contributed by atoms with E-state index in [0.29, 0.717) is 23.4 Å². The molecule has 0 bridgehead atoms. The molecule has 0 aliphatic carbocycles. The molecule has 0 saturated heterocycles. The number of carbonyl (C=O) groups is 1. The van der Waals surface area contributed by atoms with E-state index in [-0.39, 0.29) is 25.3 Å². The smallest absolute Gasteiger partial charge is 0.422 e. The maximum atomic E-state index is 13.1. The van der Waals surface area contributed by atoms with Crippen molar-refractivity contribution in [3.05, 3.63) is 31.3 Å². The summed E-state index contributed by atoms with van der Waals surface area (Å²) in [4.78, 5) is 38.9. The Labute approximate surface area is 178 Å². The van der Waals surface area contributed by atoms with Gasteiger partial charge in [0.1, 0.15) is 4.83 Å². The normalized spacial score (nSPS) is 11.9. The number of hydrazine groups is 1. The predicted octanol–water partition coefficient (Wildman–Crippen LogP) is 1.61. The molecular formula is C19H30N4O6S. The molecule has 0 radical (unpaired) electrons. The van der Waals surface area contributed by atoms with Gasteiger partial charge >= 0.3 is 11.8 Å². The van der Waals surface area contributed by atoms with Crippen molar-refractivity contribution in [3.63, 3.8) is 0 Å². The van der Waals surface area contributed by atoms with Crippen molar-refractivity contribution in [1.29, 1.82) is 0 Å². The molecule has 11 heteroatoms. The maximum Gasteiger partial charge on any atom is 0.422 e. The Morgan fingerprint density at radius 3 is 2.20 bits per heavy atom. The molecule has 2 aromatic rings. The summed E-state index contributed by atoms with van der Waals surface area (Å²) in [7, 11) is 3.06. The van der Waals surface area contributed by atoms with Gasteiger partial charge in [-0.2, -0.15) is 0 Å². The van der Waals surface area contributed by atoms with Gasteiger partial charge in [-0.1, -0.05) is 0 Å². The van der Waals surface area contributed by atoms with Crippen LogP contribution in [0.3, 0.4) is 0 Å². The fourth-order valence-electron chi connectivity index (χ4n) is 3.11. The zero-order valence-corrected chi connectivity index (χ0v) is 19.1. The lowest BCUT2D eigenvalue weighted by atomic mass is 10.1. The molecule has 0 aromatic carbocycles. The number of nitrogens with one attached hydrogen (secondary N) is 1. The summed E-state index contributed by atoms with van der Waals surface area (Å²) >= 11 is 1.31. The molecular weight excluding hydrogens is 412 g/mol. The van der Waals surface area contributed by atoms with Crippen LogP contribution in [-0.2, 0) is 29.1 Å². The van der Waals surface area contributed by atoms with E-state index in [0.717, 1.165) is 15.4 Å². The van der Waals surface area contributed by atoms with Crippen molar-refractivity contribution in [1.82, 2.24) is 19.6 Å². The second-order valence-electron chi connectivity index (χ2n) is 7.83. The number of nitrogens with zero attached hydrogens (tertiary/aromatic N) is 3. The number of fused-ring (bicyclic) bond motifs is 1. The van der Waals surface area contributed by atoms with Crippen molar-refractivity contribution < 1.29 is 19.4 Å². The van der Waals surface area contributed by atoms with E-state index in [4.69, 9.17) is 9.47 Å². The highest BCUT2D eigenvalue weighted by Crippen LogP contribution is 2.28. The molecule has 2 N–H and O–H groups in total. The third kappa shape index (κ3) is 4.91. The first-order chi connectivity index (χ1) is 14.0. The molecule has 0 spiro atoms. The third-order valence-electron chi connectivity index (χ3n) is 4.69. The number of hydrogen-bond acceptors (Lipinski definition) is 7. The van der Waals surface area contributed by atoms with Crippen LogP contribution in [0.25, 0.3) is 10.2 Å². The summed E-state index contributed by atoms with van der Waals surface area (Å²) in [6.45, 7) is 8.37. The summed E-state index contributed by atoms with van der Waals surface area (Å²) in [5, 5.41) is 11.1. The highest BCUT2D eigenvalue weighted by Gasteiger charge is 2.27. The van der Waals surface area contributed by atoms with Crippen molar-refractivity contribution in [2.45, 2.75) is 52.9 Å². The van der Waals surface area contributed by atoms with Gasteiger partial charge in [0.2, 0.25) is 0 Å². The van der Waals surface area contributed by atoms with Crippen LogP contribution in [0.1, 0.15) is 31.2 Å². The molecule has 0 fully saturated rings. The fraction of sp³-hybridized carbons (Fsp3) is 0.632. The van der Waals surface area contributed by atoms with E-state index in [1.54, 1.807) is 27.9 Å². The SMILES string of the molecule is COCCn1c(=O)c2c(C)c(CNN(C(=O)O)C(C)(C)C)sc2n(CCOC)c1=O. The van der Waals surface area contributed by atoms with Crippen LogP contribution in [0.4, 0.5) is 4.79 Å². The minimum absolute atomic E-state index is 0.150. The summed E-state index contributed by atoms with van der Waals surface area (Å²) in [5.41, 5.74) is 2.22. The molecule has 2 aromatic heterocycles. The van der Waals surface area contributed by atoms with Gasteiger partial charge in [0, 0.05) is 19.1 Å². The summed E-state index contributed by atoms with van der Waals surface area (Å²) in [6.07, 6.45) is -1.10. The lowest BCUT2D eigenvalue weighted by molar-refractivity contribution is 0.0626. The van der Waals surface area contributed by atoms with Gasteiger partial charge in [0.25, 0.3) is 5.56 Å². The van der Waals surface area contributed by atoms with E-state index in [1.165, 1.54) is 27.6 Å². The van der Waals surface area contributed by atoms with Crippen molar-refractivity contribution in [3.8, 4) is 0 Å². The van der Waals surface area contributed by atoms with Crippen LogP contribution in [0, 0.1) is 6.92 Å². The fourth-order valence-corrected chi connectivity index (χ4v) is 4.36. The van der Waals surface area contributed by atoms with Crippen LogP contribution >= 0.6 is 11.3 Å². The van der Waals surface area contributed by atoms with Gasteiger partial charge < -0.3 is 14.6 Å². The van der Waals surface area contributed by atoms with E-state index in [2.05, 4.69) is 5.43 Å². The molecule has 0 aliphatic heterocycles. The predicted molar refractivity (Wildman–Crippen MR) is 115 cm³/mol. The number of thiophene rings is 1. The average molecular weight is 443 g/mol. The summed E-state index contributed by atoms with van der Waals surface area (Å²) in [5.74, 6) is 0. The van der Waals surface area contributed by atoms with Gasteiger partial charge in [-0.3, -0.25) is 13.9 Å². The number of amides is 1. The third-order valence-corrected chi connectivity index (χ3v) is 6.01. The quantitative estimate of drug-likeness (QED) is 0.567. The van der Waals surface area contributed by atoms with Crippen LogP contribution in [0.5, 0.6) is 0 Å². The first kappa shape index (κ1) is 24.1. The van der Waals surface area contributed by atoms with Crippen LogP contribution < -0.4 is 16.7 Å². The lowest BCUT2D eigenvalue weighted by Gasteiger charge is -2.33. The van der Waals surface area contributed by atoms with Crippen molar-refractivity contribution in [2.24, 2.45) is 0 Å². The molecule has 2 rings (SSSR count). The second-order valence-corrected chi connectivity index (χ2v) is 8.91. The Kier molecular flexibility index (Phi) is 7.81. The minimum Gasteiger partial charge on any atom is -0.464 e. The van der Waals surface area contributed by atoms with E-state index in [1.807, 2.05) is 6.92 Å². The van der Waals surface area contributed by atoms with Crippen molar-refractivity contribution in [2.75, 3.05) is 27.4 Å². The molecule has 0 saturated carbocycles. The minimum atomic E-state index is -1.10. The monoisotopic (exact) mass is 442 g/mol. The Morgan fingerprint density at radius 1 is 1.13 bits per heavy atom. The summed E-state index contributed by atoms with van der Waals surface area (Å²) < 4.78 is 12.9. The Morgan fingerprint density at radius 2 is 1.70 bits per heavy atom. The van der Waals surface area contributed by atoms with Gasteiger partial charge in [-0.05, 0) is 33.3 Å². The molecule has 0 unspecified atom stereocenters.